The van der Waals surface area contributed by atoms with E-state index in [1.165, 1.54) is 137 Å². The number of fused-ring (bicyclic) bond motifs is 13. The van der Waals surface area contributed by atoms with E-state index in [0.29, 0.717) is 0 Å². The van der Waals surface area contributed by atoms with Crippen molar-refractivity contribution in [3.8, 4) is 0 Å². The van der Waals surface area contributed by atoms with Crippen molar-refractivity contribution in [1.29, 1.82) is 0 Å². The lowest BCUT2D eigenvalue weighted by Gasteiger charge is -2.52. The van der Waals surface area contributed by atoms with Crippen LogP contribution >= 0.6 is 0 Å². The molecule has 1 fully saturated rings. The summed E-state index contributed by atoms with van der Waals surface area (Å²) in [7, 11) is 0. The molecule has 0 saturated heterocycles. The van der Waals surface area contributed by atoms with E-state index in [0.717, 1.165) is 55.1 Å². The summed E-state index contributed by atoms with van der Waals surface area (Å²) in [6.45, 7) is 42.5. The summed E-state index contributed by atoms with van der Waals surface area (Å²) in [6, 6.07) is 47.2. The Hall–Kier alpha value is -6.20. The zero-order valence-electron chi connectivity index (χ0n) is 53.4. The lowest BCUT2D eigenvalue weighted by Crippen LogP contribution is -2.62. The zero-order chi connectivity index (χ0) is 58.3. The van der Waals surface area contributed by atoms with E-state index in [4.69, 9.17) is 4.42 Å². The fourth-order valence-corrected chi connectivity index (χ4v) is 18.0. The third-order valence-corrected chi connectivity index (χ3v) is 23.9. The van der Waals surface area contributed by atoms with Crippen LogP contribution in [0.3, 0.4) is 0 Å². The second-order valence-electron chi connectivity index (χ2n) is 32.8. The van der Waals surface area contributed by atoms with Gasteiger partial charge in [-0.05, 0) is 218 Å². The first-order valence-electron chi connectivity index (χ1n) is 32.1. The van der Waals surface area contributed by atoms with E-state index >= 15 is 0 Å². The van der Waals surface area contributed by atoms with Crippen molar-refractivity contribution in [3.05, 3.63) is 160 Å². The first-order valence-corrected chi connectivity index (χ1v) is 32.1. The highest BCUT2D eigenvalue weighted by Gasteiger charge is 2.59. The summed E-state index contributed by atoms with van der Waals surface area (Å²) in [5.74, 6) is 0. The Kier molecular flexibility index (Phi) is 10.8. The van der Waals surface area contributed by atoms with Gasteiger partial charge in [-0.15, -0.1) is 0 Å². The molecule has 1 saturated carbocycles. The van der Waals surface area contributed by atoms with Crippen LogP contribution in [-0.2, 0) is 43.3 Å². The molecular weight excluding hydrogens is 1010 g/mol. The van der Waals surface area contributed by atoms with Crippen LogP contribution in [0, 0.1) is 0 Å². The molecule has 0 spiro atoms. The molecule has 2 atom stereocenters. The molecule has 15 rings (SSSR count). The fourth-order valence-electron chi connectivity index (χ4n) is 18.0. The molecule has 4 nitrogen and oxygen atoms in total. The highest BCUT2D eigenvalue weighted by atomic mass is 16.3. The van der Waals surface area contributed by atoms with Crippen molar-refractivity contribution < 1.29 is 4.42 Å². The van der Waals surface area contributed by atoms with Crippen LogP contribution < -0.4 is 31.1 Å². The molecule has 426 valence electrons. The van der Waals surface area contributed by atoms with E-state index in [1.807, 2.05) is 0 Å². The minimum Gasteiger partial charge on any atom is -0.456 e. The minimum absolute atomic E-state index is 0.00561. The van der Waals surface area contributed by atoms with Gasteiger partial charge in [0.25, 0.3) is 6.71 Å². The fraction of sp³-hybridized carbons (Fsp3) is 0.462. The molecule has 7 aliphatic rings. The first kappa shape index (κ1) is 53.5. The number of benzene rings is 7. The van der Waals surface area contributed by atoms with Crippen molar-refractivity contribution >= 4 is 90.5 Å². The molecule has 0 N–H and O–H groups in total. The number of hydrogen-bond donors (Lipinski definition) is 0. The summed E-state index contributed by atoms with van der Waals surface area (Å²) in [5.41, 5.74) is 28.3. The normalized spacial score (nSPS) is 24.3. The smallest absolute Gasteiger partial charge is 0.252 e. The van der Waals surface area contributed by atoms with E-state index < -0.39 is 0 Å². The number of rotatable bonds is 3. The van der Waals surface area contributed by atoms with Crippen molar-refractivity contribution in [2.24, 2.45) is 0 Å². The molecule has 83 heavy (non-hydrogen) atoms. The Labute approximate surface area is 497 Å². The van der Waals surface area contributed by atoms with Gasteiger partial charge in [0.15, 0.2) is 0 Å². The van der Waals surface area contributed by atoms with Gasteiger partial charge in [0.05, 0.1) is 16.6 Å². The summed E-state index contributed by atoms with van der Waals surface area (Å²) < 4.78 is 6.89. The van der Waals surface area contributed by atoms with Crippen LogP contribution in [0.25, 0.3) is 21.9 Å². The number of hydrogen-bond acceptors (Lipinski definition) is 4. The lowest BCUT2D eigenvalue weighted by molar-refractivity contribution is 0.195. The molecule has 5 heteroatoms. The maximum absolute atomic E-state index is 6.89. The summed E-state index contributed by atoms with van der Waals surface area (Å²) in [6.07, 6.45) is 11.7. The van der Waals surface area contributed by atoms with E-state index in [9.17, 15) is 0 Å². The van der Waals surface area contributed by atoms with Crippen molar-refractivity contribution in [1.82, 2.24) is 0 Å². The second kappa shape index (κ2) is 16.8. The maximum atomic E-state index is 6.89. The molecule has 8 aromatic rings. The molecule has 0 radical (unpaired) electrons. The molecule has 0 amide bonds. The Bertz CT molecular complexity index is 4120. The number of para-hydroxylation sites is 1. The van der Waals surface area contributed by atoms with Crippen molar-refractivity contribution in [3.63, 3.8) is 0 Å². The van der Waals surface area contributed by atoms with Gasteiger partial charge in [0.1, 0.15) is 11.2 Å². The van der Waals surface area contributed by atoms with Gasteiger partial charge in [-0.2, -0.15) is 0 Å². The summed E-state index contributed by atoms with van der Waals surface area (Å²) >= 11 is 0. The lowest BCUT2D eigenvalue weighted by atomic mass is 9.32. The zero-order valence-corrected chi connectivity index (χ0v) is 53.4. The number of anilines is 8. The van der Waals surface area contributed by atoms with Crippen LogP contribution in [0.2, 0.25) is 0 Å². The van der Waals surface area contributed by atoms with Crippen molar-refractivity contribution in [2.75, 3.05) is 14.7 Å². The van der Waals surface area contributed by atoms with Crippen LogP contribution in [0.4, 0.5) is 45.5 Å². The van der Waals surface area contributed by atoms with Gasteiger partial charge in [-0.25, -0.2) is 0 Å². The molecular formula is C78H90BN3O. The molecule has 7 aromatic carbocycles. The van der Waals surface area contributed by atoms with Gasteiger partial charge >= 0.3 is 0 Å². The van der Waals surface area contributed by atoms with Crippen LogP contribution in [0.15, 0.2) is 120 Å². The first-order chi connectivity index (χ1) is 39.0. The van der Waals surface area contributed by atoms with Crippen molar-refractivity contribution in [2.45, 2.75) is 231 Å². The topological polar surface area (TPSA) is 22.9 Å². The molecule has 2 unspecified atom stereocenters. The number of furan rings is 1. The van der Waals surface area contributed by atoms with Gasteiger partial charge < -0.3 is 19.1 Å². The molecule has 4 aliphatic carbocycles. The Morgan fingerprint density at radius 3 is 1.52 bits per heavy atom. The molecule has 0 bridgehead atoms. The average molecular weight is 1100 g/mol. The van der Waals surface area contributed by atoms with Gasteiger partial charge in [-0.1, -0.05) is 178 Å². The predicted molar refractivity (Wildman–Crippen MR) is 355 cm³/mol. The van der Waals surface area contributed by atoms with E-state index in [-0.39, 0.29) is 55.6 Å². The Balaban J connectivity index is 1.13. The Morgan fingerprint density at radius 2 is 0.916 bits per heavy atom. The maximum Gasteiger partial charge on any atom is 0.252 e. The van der Waals surface area contributed by atoms with Crippen LogP contribution in [0.1, 0.15) is 226 Å². The molecule has 3 aliphatic heterocycles. The highest BCUT2D eigenvalue weighted by molar-refractivity contribution is 7.00. The summed E-state index contributed by atoms with van der Waals surface area (Å²) in [5, 5.41) is 2.32. The quantitative estimate of drug-likeness (QED) is 0.165. The van der Waals surface area contributed by atoms with Gasteiger partial charge in [0, 0.05) is 50.6 Å². The monoisotopic (exact) mass is 1100 g/mol. The molecule has 4 heterocycles. The van der Waals surface area contributed by atoms with Gasteiger partial charge in [0.2, 0.25) is 0 Å². The average Bonchev–Trinajstić information content (AvgIpc) is 3.15. The van der Waals surface area contributed by atoms with Crippen LogP contribution in [0.5, 0.6) is 0 Å². The number of nitrogens with zero attached hydrogens (tertiary/aromatic N) is 3. The second-order valence-corrected chi connectivity index (χ2v) is 32.8. The Morgan fingerprint density at radius 1 is 0.398 bits per heavy atom. The third-order valence-electron chi connectivity index (χ3n) is 23.9. The molecule has 1 aromatic heterocycles. The SMILES string of the molecule is CC(C)(C)c1ccc2c(c1)C1(C)CCCCC1(C)N2c1cc2c3c(c1)N(c1cccc4oc5ccccc5c14)c1cc4c(cc1B3c1cc3c(cc1N2c1ccc2c(c1)C(C)(C)CCC2(C)C)C(C)(C)CCC3(C)C)C(C)(C)CCC4(C)C. The van der Waals surface area contributed by atoms with Crippen LogP contribution in [-0.4, -0.2) is 12.3 Å². The minimum atomic E-state index is -0.176. The van der Waals surface area contributed by atoms with E-state index in [1.54, 1.807) is 0 Å². The largest absolute Gasteiger partial charge is 0.456 e. The predicted octanol–water partition coefficient (Wildman–Crippen LogP) is 19.8. The highest BCUT2D eigenvalue weighted by Crippen LogP contribution is 2.63. The van der Waals surface area contributed by atoms with E-state index in [2.05, 4.69) is 248 Å². The standard InChI is InChI=1S/C78H90BN3O/c1-70(2,3)47-27-30-60-57(39-47)77(16)31-20-21-32-78(77,17)82(60)49-41-64-69-65(42-49)81(61-24-22-26-67-68(61)50-23-18-19-25-66(50)83-67)63-46-56-54(74(10,11)36-38-76(56,14)15)44-59(63)79(69)58-43-53-55(75(12,13)37-35-73(53,8)9)45-62(58)80(64)48-28-29-51-52(40-48)72(6,7)34-33-71(51,4)5/h18-19,22-30,39-46H,20-21,31-38H2,1-17H3. The van der Waals surface area contributed by atoms with Gasteiger partial charge in [-0.3, -0.25) is 0 Å². The third kappa shape index (κ3) is 7.30. The summed E-state index contributed by atoms with van der Waals surface area (Å²) in [4.78, 5) is 8.44.